The normalized spacial score (nSPS) is 11.3. The van der Waals surface area contributed by atoms with Crippen LogP contribution in [0.1, 0.15) is 40.2 Å². The van der Waals surface area contributed by atoms with Crippen LogP contribution in [0.5, 0.6) is 0 Å². The van der Waals surface area contributed by atoms with Crippen molar-refractivity contribution >= 4 is 28.2 Å². The number of nitrogens with one attached hydrogen (secondary N) is 2. The Kier molecular flexibility index (Phi) is 10.3. The second-order valence-electron chi connectivity index (χ2n) is 5.71. The Labute approximate surface area is 178 Å². The molecule has 0 fully saturated rings. The van der Waals surface area contributed by atoms with Crippen LogP contribution >= 0.6 is 0 Å². The summed E-state index contributed by atoms with van der Waals surface area (Å²) in [7, 11) is 0. The number of amides is 1. The van der Waals surface area contributed by atoms with Crippen molar-refractivity contribution in [2.75, 3.05) is 5.32 Å². The van der Waals surface area contributed by atoms with E-state index in [1.807, 2.05) is 64.2 Å². The van der Waals surface area contributed by atoms with Crippen molar-refractivity contribution in [3.8, 4) is 0 Å². The van der Waals surface area contributed by atoms with Gasteiger partial charge in [-0.15, -0.1) is 0 Å². The van der Waals surface area contributed by atoms with Gasteiger partial charge in [-0.25, -0.2) is 4.99 Å². The van der Waals surface area contributed by atoms with E-state index in [0.717, 1.165) is 16.5 Å². The first-order chi connectivity index (χ1) is 14.6. The van der Waals surface area contributed by atoms with Crippen molar-refractivity contribution in [1.82, 2.24) is 9.97 Å². The zero-order valence-electron chi connectivity index (χ0n) is 18.4. The quantitative estimate of drug-likeness (QED) is 0.391. The Balaban J connectivity index is 0.00000106. The number of fused-ring (bicyclic) bond motifs is 1. The SMILES string of the molecule is C=CC(=N/C(C(=O)Nc1ccc2[nH]ccc2c1)=C(\C)N)c1cccnc1.CC.CC. The van der Waals surface area contributed by atoms with E-state index in [1.165, 1.54) is 0 Å². The van der Waals surface area contributed by atoms with Gasteiger partial charge in [0.1, 0.15) is 5.70 Å². The summed E-state index contributed by atoms with van der Waals surface area (Å²) in [4.78, 5) is 24.3. The molecule has 0 unspecified atom stereocenters. The number of aliphatic imine (C=N–C) groups is 1. The zero-order valence-corrected chi connectivity index (χ0v) is 18.4. The lowest BCUT2D eigenvalue weighted by Gasteiger charge is -2.09. The van der Waals surface area contributed by atoms with Crippen LogP contribution in [0.2, 0.25) is 0 Å². The van der Waals surface area contributed by atoms with E-state index < -0.39 is 0 Å². The first kappa shape index (κ1) is 24.4. The summed E-state index contributed by atoms with van der Waals surface area (Å²) < 4.78 is 0. The molecule has 0 saturated carbocycles. The topological polar surface area (TPSA) is 96.2 Å². The van der Waals surface area contributed by atoms with Crippen LogP contribution in [0.3, 0.4) is 0 Å². The number of carbonyl (C=O) groups excluding carboxylic acids is 1. The van der Waals surface area contributed by atoms with Gasteiger partial charge < -0.3 is 16.0 Å². The maximum Gasteiger partial charge on any atom is 0.276 e. The molecular formula is C24H31N5O. The molecule has 158 valence electrons. The predicted octanol–water partition coefficient (Wildman–Crippen LogP) is 5.42. The van der Waals surface area contributed by atoms with Gasteiger partial charge in [0, 0.05) is 46.4 Å². The van der Waals surface area contributed by atoms with Gasteiger partial charge in [-0.2, -0.15) is 0 Å². The lowest BCUT2D eigenvalue weighted by Crippen LogP contribution is -2.18. The highest BCUT2D eigenvalue weighted by atomic mass is 16.2. The number of hydrogen-bond donors (Lipinski definition) is 3. The molecule has 0 spiro atoms. The van der Waals surface area contributed by atoms with Crippen LogP contribution in [-0.4, -0.2) is 21.6 Å². The number of nitrogens with zero attached hydrogens (tertiary/aromatic N) is 2. The van der Waals surface area contributed by atoms with Gasteiger partial charge in [0.25, 0.3) is 5.91 Å². The van der Waals surface area contributed by atoms with Crippen LogP contribution in [0, 0.1) is 0 Å². The highest BCUT2D eigenvalue weighted by molar-refractivity contribution is 6.12. The number of pyridine rings is 1. The van der Waals surface area contributed by atoms with E-state index in [9.17, 15) is 4.79 Å². The lowest BCUT2D eigenvalue weighted by atomic mass is 10.1. The number of allylic oxidation sites excluding steroid dienone is 2. The largest absolute Gasteiger partial charge is 0.400 e. The summed E-state index contributed by atoms with van der Waals surface area (Å²) in [5.74, 6) is -0.386. The molecule has 3 rings (SSSR count). The summed E-state index contributed by atoms with van der Waals surface area (Å²) in [5.41, 5.74) is 9.29. The summed E-state index contributed by atoms with van der Waals surface area (Å²) in [6, 6.07) is 11.2. The fourth-order valence-corrected chi connectivity index (χ4v) is 2.50. The molecule has 4 N–H and O–H groups in total. The van der Waals surface area contributed by atoms with Crippen molar-refractivity contribution in [3.63, 3.8) is 0 Å². The van der Waals surface area contributed by atoms with Gasteiger partial charge in [-0.1, -0.05) is 34.3 Å². The number of anilines is 1. The minimum Gasteiger partial charge on any atom is -0.400 e. The molecule has 6 heteroatoms. The van der Waals surface area contributed by atoms with Gasteiger partial charge in [0.15, 0.2) is 0 Å². The molecule has 1 amide bonds. The Bertz CT molecular complexity index is 1010. The highest BCUT2D eigenvalue weighted by Crippen LogP contribution is 2.19. The first-order valence-electron chi connectivity index (χ1n) is 10.0. The maximum atomic E-state index is 12.7. The monoisotopic (exact) mass is 405 g/mol. The van der Waals surface area contributed by atoms with Gasteiger partial charge >= 0.3 is 0 Å². The Morgan fingerprint density at radius 3 is 2.53 bits per heavy atom. The van der Waals surface area contributed by atoms with Crippen LogP contribution in [0.4, 0.5) is 5.69 Å². The number of aromatic amines is 1. The molecule has 0 atom stereocenters. The number of carbonyl (C=O) groups is 1. The summed E-state index contributed by atoms with van der Waals surface area (Å²) in [6.45, 7) is 13.4. The van der Waals surface area contributed by atoms with E-state index in [2.05, 4.69) is 26.9 Å². The number of nitrogens with two attached hydrogens (primary N) is 1. The molecule has 0 saturated heterocycles. The maximum absolute atomic E-state index is 12.7. The third-order valence-electron chi connectivity index (χ3n) is 3.78. The lowest BCUT2D eigenvalue weighted by molar-refractivity contribution is -0.112. The van der Waals surface area contributed by atoms with Gasteiger partial charge in [0.2, 0.25) is 0 Å². The number of aromatic nitrogens is 2. The van der Waals surface area contributed by atoms with E-state index in [4.69, 9.17) is 5.73 Å². The third-order valence-corrected chi connectivity index (χ3v) is 3.78. The molecule has 0 aliphatic rings. The summed E-state index contributed by atoms with van der Waals surface area (Å²) in [5, 5.41) is 3.84. The molecule has 6 nitrogen and oxygen atoms in total. The van der Waals surface area contributed by atoms with Crippen LogP contribution in [0.15, 0.2) is 84.0 Å². The molecule has 0 radical (unpaired) electrons. The van der Waals surface area contributed by atoms with E-state index in [1.54, 1.807) is 31.5 Å². The predicted molar refractivity (Wildman–Crippen MR) is 127 cm³/mol. The molecule has 2 aromatic heterocycles. The van der Waals surface area contributed by atoms with Crippen molar-refractivity contribution in [2.45, 2.75) is 34.6 Å². The van der Waals surface area contributed by atoms with E-state index in [0.29, 0.717) is 17.1 Å². The van der Waals surface area contributed by atoms with Crippen molar-refractivity contribution in [3.05, 3.63) is 84.6 Å². The van der Waals surface area contributed by atoms with Crippen LogP contribution in [-0.2, 0) is 4.79 Å². The van der Waals surface area contributed by atoms with Crippen molar-refractivity contribution in [1.29, 1.82) is 0 Å². The number of benzene rings is 1. The summed E-state index contributed by atoms with van der Waals surface area (Å²) >= 11 is 0. The zero-order chi connectivity index (χ0) is 22.5. The van der Waals surface area contributed by atoms with E-state index in [-0.39, 0.29) is 11.6 Å². The molecule has 2 heterocycles. The third kappa shape index (κ3) is 6.44. The van der Waals surface area contributed by atoms with Crippen LogP contribution in [0.25, 0.3) is 10.9 Å². The molecule has 0 aliphatic carbocycles. The second kappa shape index (κ2) is 12.7. The number of H-pyrrole nitrogens is 1. The molecule has 0 aliphatic heterocycles. The first-order valence-corrected chi connectivity index (χ1v) is 10.0. The van der Waals surface area contributed by atoms with Crippen LogP contribution < -0.4 is 11.1 Å². The fourth-order valence-electron chi connectivity index (χ4n) is 2.50. The number of rotatable bonds is 5. The minimum atomic E-state index is -0.386. The second-order valence-corrected chi connectivity index (χ2v) is 5.71. The minimum absolute atomic E-state index is 0.137. The van der Waals surface area contributed by atoms with Gasteiger partial charge in [-0.05, 0) is 49.4 Å². The van der Waals surface area contributed by atoms with Crippen molar-refractivity contribution < 1.29 is 4.79 Å². The van der Waals surface area contributed by atoms with E-state index >= 15 is 0 Å². The average molecular weight is 406 g/mol. The smallest absolute Gasteiger partial charge is 0.276 e. The highest BCUT2D eigenvalue weighted by Gasteiger charge is 2.13. The Hall–Kier alpha value is -3.67. The molecule has 1 aromatic carbocycles. The molecule has 3 aromatic rings. The summed E-state index contributed by atoms with van der Waals surface area (Å²) in [6.07, 6.45) is 6.74. The van der Waals surface area contributed by atoms with Gasteiger partial charge in [-0.3, -0.25) is 9.78 Å². The Morgan fingerprint density at radius 2 is 1.93 bits per heavy atom. The fraction of sp³-hybridized carbons (Fsp3) is 0.208. The number of hydrogen-bond acceptors (Lipinski definition) is 4. The van der Waals surface area contributed by atoms with Crippen molar-refractivity contribution in [2.24, 2.45) is 10.7 Å². The molecular weight excluding hydrogens is 374 g/mol. The standard InChI is InChI=1S/C20H19N5O.2C2H6/c1-3-17(15-5-4-9-22-12-15)25-19(13(2)21)20(26)24-16-6-7-18-14(11-16)8-10-23-18;2*1-2/h3-12,23H,1,21H2,2H3,(H,24,26);2*1-2H3/b19-13+,25-17?;;. The molecule has 0 bridgehead atoms. The average Bonchev–Trinajstić information content (AvgIpc) is 3.25. The molecule has 30 heavy (non-hydrogen) atoms. The Morgan fingerprint density at radius 1 is 1.20 bits per heavy atom. The van der Waals surface area contributed by atoms with Gasteiger partial charge in [0.05, 0.1) is 5.71 Å².